The van der Waals surface area contributed by atoms with Crippen molar-refractivity contribution >= 4 is 65.8 Å². The Labute approximate surface area is 529 Å². The van der Waals surface area contributed by atoms with E-state index in [0.29, 0.717) is 44.8 Å². The number of piperidine rings is 1. The second-order valence-corrected chi connectivity index (χ2v) is 27.1. The molecule has 3 aliphatic heterocycles. The Morgan fingerprint density at radius 1 is 0.511 bits per heavy atom. The Kier molecular flexibility index (Phi) is 16.2. The fourth-order valence-electron chi connectivity index (χ4n) is 16.0. The molecule has 3 aliphatic carbocycles. The third kappa shape index (κ3) is 10.7. The predicted molar refractivity (Wildman–Crippen MR) is 344 cm³/mol. The minimum absolute atomic E-state index is 0.0537. The summed E-state index contributed by atoms with van der Waals surface area (Å²) >= 11 is 3.44. The van der Waals surface area contributed by atoms with E-state index < -0.39 is 47.5 Å². The zero-order valence-corrected chi connectivity index (χ0v) is 52.2. The van der Waals surface area contributed by atoms with E-state index in [0.717, 1.165) is 110 Å². The first kappa shape index (κ1) is 60.4. The number of benzene rings is 3. The minimum Gasteiger partial charge on any atom is -0.390 e. The Morgan fingerprint density at radius 2 is 0.933 bits per heavy atom. The fraction of sp³-hybridized carbons (Fsp3) is 0.435. The van der Waals surface area contributed by atoms with Crippen LogP contribution in [0.3, 0.4) is 0 Å². The number of anilines is 1. The lowest BCUT2D eigenvalue weighted by molar-refractivity contribution is -0.120. The third-order valence-corrected chi connectivity index (χ3v) is 21.9. The van der Waals surface area contributed by atoms with E-state index in [9.17, 15) is 30.6 Å². The molecule has 16 rings (SSSR count). The standard InChI is InChI=1S/C25H27BrN6O2.2C22H25N3O3/c1-13-16-5-7-32(24(16)30-12-29-13)20-10-25(22(34)21(20)33)6-4-18(28-11-25)15-3-2-14-8-17(26)23(27)31-19(14)9-15;2*1-14-16-8-10-25(21(16)24-13-23-14)17-11-22(20(27)19(17)26)9-7-18(28-12-22)15-5-3-2-4-6-15/h2-3,5,7-9,12,18,20-22,28,33-34H,4,6,10-11H2,1H3,(H2,27,31);2*2-6,8,10,13,17-20,26-27H,7,9,11-12H2,1H3/t18-,20-,21+,22+,25+;17-,18+,19+,20+,22+;17-,18-,19+,20+,22+/m111/s1. The van der Waals surface area contributed by atoms with E-state index >= 15 is 0 Å². The molecule has 15 atom stereocenters. The van der Waals surface area contributed by atoms with E-state index in [1.165, 1.54) is 11.1 Å². The van der Waals surface area contributed by atoms with Gasteiger partial charge < -0.3 is 64.9 Å². The van der Waals surface area contributed by atoms with Gasteiger partial charge in [-0.3, -0.25) is 0 Å². The topological polar surface area (TPSA) is 283 Å². The maximum Gasteiger partial charge on any atom is 0.143 e. The molecule has 468 valence electrons. The Bertz CT molecular complexity index is 4040. The Hall–Kier alpha value is -7.15. The zero-order chi connectivity index (χ0) is 62.2. The van der Waals surface area contributed by atoms with Crippen LogP contribution < -0.4 is 11.1 Å². The van der Waals surface area contributed by atoms with Gasteiger partial charge in [-0.15, -0.1) is 0 Å². The van der Waals surface area contributed by atoms with Gasteiger partial charge in [0.25, 0.3) is 0 Å². The molecule has 90 heavy (non-hydrogen) atoms. The second-order valence-electron chi connectivity index (χ2n) is 26.2. The van der Waals surface area contributed by atoms with Gasteiger partial charge in [-0.25, -0.2) is 34.9 Å². The first-order valence-electron chi connectivity index (χ1n) is 31.4. The number of pyridine rings is 1. The number of hydrogen-bond acceptors (Lipinski definition) is 17. The Morgan fingerprint density at radius 3 is 1.34 bits per heavy atom. The molecule has 0 amide bonds. The van der Waals surface area contributed by atoms with E-state index in [1.807, 2.05) is 114 Å². The average molecular weight is 1280 g/mol. The first-order chi connectivity index (χ1) is 43.5. The van der Waals surface area contributed by atoms with E-state index in [-0.39, 0.29) is 41.8 Å². The van der Waals surface area contributed by atoms with Crippen LogP contribution in [0.4, 0.5) is 5.82 Å². The number of nitrogens with one attached hydrogen (secondary N) is 1. The van der Waals surface area contributed by atoms with Crippen molar-refractivity contribution in [3.63, 3.8) is 0 Å². The lowest BCUT2D eigenvalue weighted by atomic mass is 9.74. The van der Waals surface area contributed by atoms with Crippen LogP contribution in [0.25, 0.3) is 44.0 Å². The number of aromatic nitrogens is 10. The van der Waals surface area contributed by atoms with Gasteiger partial charge >= 0.3 is 0 Å². The molecule has 6 aliphatic rings. The highest BCUT2D eigenvalue weighted by Crippen LogP contribution is 2.55. The van der Waals surface area contributed by atoms with Gasteiger partial charge in [0.05, 0.1) is 88.9 Å². The highest BCUT2D eigenvalue weighted by Gasteiger charge is 2.57. The molecule has 0 bridgehead atoms. The number of hydrogen-bond donors (Lipinski definition) is 8. The molecule has 0 radical (unpaired) electrons. The molecule has 20 nitrogen and oxygen atoms in total. The molecule has 0 unspecified atom stereocenters. The molecule has 21 heteroatoms. The summed E-state index contributed by atoms with van der Waals surface area (Å²) in [5.41, 5.74) is 14.3. The maximum absolute atomic E-state index is 11.2. The number of halogens is 1. The number of nitrogen functional groups attached to an aromatic ring is 1. The van der Waals surface area contributed by atoms with Crippen LogP contribution in [-0.2, 0) is 9.47 Å². The summed E-state index contributed by atoms with van der Waals surface area (Å²) in [6, 6.07) is 34.1. The molecule has 3 saturated heterocycles. The molecular formula is C69H77BrN12O8. The lowest BCUT2D eigenvalue weighted by Gasteiger charge is -2.40. The van der Waals surface area contributed by atoms with Crippen LogP contribution in [0.1, 0.15) is 128 Å². The molecule has 3 spiro atoms. The van der Waals surface area contributed by atoms with E-state index in [4.69, 9.17) is 15.2 Å². The summed E-state index contributed by atoms with van der Waals surface area (Å²) in [4.78, 5) is 30.6. The quantitative estimate of drug-likeness (QED) is 0.0769. The summed E-state index contributed by atoms with van der Waals surface area (Å²) in [5.74, 6) is 0.479. The summed E-state index contributed by atoms with van der Waals surface area (Å²) in [6.45, 7) is 7.40. The second kappa shape index (κ2) is 24.1. The predicted octanol–water partition coefficient (Wildman–Crippen LogP) is 9.30. The van der Waals surface area contributed by atoms with Crippen LogP contribution in [0.5, 0.6) is 0 Å². The van der Waals surface area contributed by atoms with Crippen LogP contribution in [-0.4, -0.2) is 136 Å². The van der Waals surface area contributed by atoms with Crippen LogP contribution in [0.15, 0.2) is 145 Å². The summed E-state index contributed by atoms with van der Waals surface area (Å²) < 4.78 is 19.2. The average Bonchev–Trinajstić information content (AvgIpc) is 1.61. The number of nitrogens with two attached hydrogens (primary N) is 1. The highest BCUT2D eigenvalue weighted by atomic mass is 79.9. The van der Waals surface area contributed by atoms with Crippen LogP contribution in [0, 0.1) is 37.0 Å². The van der Waals surface area contributed by atoms with Crippen molar-refractivity contribution in [1.29, 1.82) is 0 Å². The van der Waals surface area contributed by atoms with Gasteiger partial charge in [-0.1, -0.05) is 72.8 Å². The van der Waals surface area contributed by atoms with Crippen molar-refractivity contribution in [3.05, 3.63) is 179 Å². The van der Waals surface area contributed by atoms with Gasteiger partial charge in [0.2, 0.25) is 0 Å². The number of aryl methyl sites for hydroxylation is 3. The van der Waals surface area contributed by atoms with E-state index in [1.54, 1.807) is 19.0 Å². The monoisotopic (exact) mass is 1280 g/mol. The SMILES string of the molecule is Cc1ncnc2c1ccn2[C@@H]1C[C@]2(CC[C@@H](c3ccccc3)OC2)[C@@H](O)[C@H]1O.Cc1ncnc2c1ccn2[C@@H]1C[C@]2(CC[C@H](c3ccc4cc(Br)c(N)nc4c3)NC2)[C@@H](O)[C@H]1O.Cc1ncnc2c1ccn2[C@@H]1C[C@]2(CC[C@H](c3ccccc3)OC2)[C@@H](O)[C@H]1O. The zero-order valence-electron chi connectivity index (χ0n) is 50.6. The molecule has 3 saturated carbocycles. The summed E-state index contributed by atoms with van der Waals surface area (Å²) in [7, 11) is 0. The molecule has 9 N–H and O–H groups in total. The molecule has 7 aromatic heterocycles. The van der Waals surface area contributed by atoms with Crippen molar-refractivity contribution in [2.45, 2.75) is 152 Å². The molecule has 10 heterocycles. The number of aliphatic hydroxyl groups is 6. The largest absolute Gasteiger partial charge is 0.390 e. The van der Waals surface area contributed by atoms with Crippen molar-refractivity contribution in [1.82, 2.24) is 53.9 Å². The number of nitrogens with zero attached hydrogens (tertiary/aromatic N) is 10. The van der Waals surface area contributed by atoms with Crippen LogP contribution in [0.2, 0.25) is 0 Å². The molecular weight excluding hydrogens is 1200 g/mol. The lowest BCUT2D eigenvalue weighted by Crippen LogP contribution is -2.48. The minimum atomic E-state index is -0.851. The van der Waals surface area contributed by atoms with Gasteiger partial charge in [-0.2, -0.15) is 0 Å². The maximum atomic E-state index is 11.2. The number of ether oxygens (including phenoxy) is 2. The normalized spacial score (nSPS) is 31.6. The van der Waals surface area contributed by atoms with Crippen molar-refractivity contribution in [3.8, 4) is 0 Å². The van der Waals surface area contributed by atoms with Gasteiger partial charge in [0, 0.05) is 69.0 Å². The van der Waals surface area contributed by atoms with Crippen molar-refractivity contribution in [2.24, 2.45) is 16.2 Å². The highest BCUT2D eigenvalue weighted by molar-refractivity contribution is 9.10. The van der Waals surface area contributed by atoms with Crippen molar-refractivity contribution in [2.75, 3.05) is 25.5 Å². The van der Waals surface area contributed by atoms with Crippen molar-refractivity contribution < 1.29 is 40.1 Å². The smallest absolute Gasteiger partial charge is 0.143 e. The number of rotatable bonds is 6. The Balaban J connectivity index is 0.000000119. The van der Waals surface area contributed by atoms with E-state index in [2.05, 4.69) is 98.6 Å². The summed E-state index contributed by atoms with van der Waals surface area (Å²) in [5, 5.41) is 73.5. The van der Waals surface area contributed by atoms with Crippen LogP contribution >= 0.6 is 15.9 Å². The first-order valence-corrected chi connectivity index (χ1v) is 32.2. The van der Waals surface area contributed by atoms with Gasteiger partial charge in [0.15, 0.2) is 0 Å². The third-order valence-electron chi connectivity index (χ3n) is 21.2. The number of aliphatic hydroxyl groups excluding tert-OH is 6. The molecule has 6 fully saturated rings. The number of fused-ring (bicyclic) bond motifs is 4. The molecule has 10 aromatic rings. The van der Waals surface area contributed by atoms with Gasteiger partial charge in [0.1, 0.15) is 60.1 Å². The molecule has 3 aromatic carbocycles. The fourth-order valence-corrected chi connectivity index (χ4v) is 16.3. The van der Waals surface area contributed by atoms with Gasteiger partial charge in [-0.05, 0) is 142 Å². The summed E-state index contributed by atoms with van der Waals surface area (Å²) in [6.07, 6.45) is 12.7.